The molecule has 0 aliphatic carbocycles. The van der Waals surface area contributed by atoms with Crippen molar-refractivity contribution in [2.75, 3.05) is 25.4 Å². The van der Waals surface area contributed by atoms with E-state index >= 15 is 0 Å². The minimum absolute atomic E-state index is 0.345. The number of nitrogens with two attached hydrogens (primary N) is 1. The topological polar surface area (TPSA) is 73.5 Å². The van der Waals surface area contributed by atoms with Crippen molar-refractivity contribution in [3.63, 3.8) is 0 Å². The zero-order valence-corrected chi connectivity index (χ0v) is 18.6. The second-order valence-corrected chi connectivity index (χ2v) is 9.91. The van der Waals surface area contributed by atoms with E-state index in [2.05, 4.69) is 42.6 Å². The molecule has 1 aromatic heterocycles. The van der Waals surface area contributed by atoms with E-state index in [1.165, 1.54) is 38.6 Å². The summed E-state index contributed by atoms with van der Waals surface area (Å²) >= 11 is 1.73. The standard InChI is InChI=1S/C20H35BN4O2S/c1-19(2)20(3,4)27-21(26-19)16-14-23-18(24-15-16)28-13-7-9-17-8-5-6-11-25(17)12-10-22/h14-15,17H,5-13,22H2,1-4H3. The normalized spacial score (nSPS) is 24.6. The van der Waals surface area contributed by atoms with Crippen LogP contribution in [0.4, 0.5) is 0 Å². The molecule has 0 saturated carbocycles. The van der Waals surface area contributed by atoms with Gasteiger partial charge < -0.3 is 15.0 Å². The van der Waals surface area contributed by atoms with E-state index in [9.17, 15) is 0 Å². The summed E-state index contributed by atoms with van der Waals surface area (Å²) in [5.74, 6) is 1.04. The van der Waals surface area contributed by atoms with Gasteiger partial charge in [0.15, 0.2) is 5.16 Å². The van der Waals surface area contributed by atoms with Gasteiger partial charge in [-0.25, -0.2) is 9.97 Å². The Hall–Kier alpha value is -0.665. The van der Waals surface area contributed by atoms with Crippen LogP contribution in [0.3, 0.4) is 0 Å². The van der Waals surface area contributed by atoms with Crippen LogP contribution in [0.1, 0.15) is 59.8 Å². The number of nitrogens with zero attached hydrogens (tertiary/aromatic N) is 3. The number of hydrogen-bond acceptors (Lipinski definition) is 7. The highest BCUT2D eigenvalue weighted by Crippen LogP contribution is 2.36. The molecular weight excluding hydrogens is 371 g/mol. The maximum Gasteiger partial charge on any atom is 0.498 e. The van der Waals surface area contributed by atoms with Crippen molar-refractivity contribution in [2.45, 2.75) is 82.2 Å². The van der Waals surface area contributed by atoms with E-state index in [-0.39, 0.29) is 11.2 Å². The predicted molar refractivity (Wildman–Crippen MR) is 116 cm³/mol. The predicted octanol–water partition coefficient (Wildman–Crippen LogP) is 2.46. The molecule has 0 radical (unpaired) electrons. The van der Waals surface area contributed by atoms with E-state index in [4.69, 9.17) is 15.0 Å². The molecule has 0 aromatic carbocycles. The lowest BCUT2D eigenvalue weighted by molar-refractivity contribution is 0.00578. The van der Waals surface area contributed by atoms with Crippen LogP contribution < -0.4 is 11.2 Å². The lowest BCUT2D eigenvalue weighted by Gasteiger charge is -2.35. The summed E-state index contributed by atoms with van der Waals surface area (Å²) in [5.41, 5.74) is 5.95. The van der Waals surface area contributed by atoms with Gasteiger partial charge >= 0.3 is 7.12 Å². The molecule has 1 unspecified atom stereocenters. The molecule has 0 bridgehead atoms. The Morgan fingerprint density at radius 1 is 1.18 bits per heavy atom. The average Bonchev–Trinajstić information content (AvgIpc) is 2.88. The van der Waals surface area contributed by atoms with Gasteiger partial charge in [0.05, 0.1) is 11.2 Å². The van der Waals surface area contributed by atoms with Crippen molar-refractivity contribution >= 4 is 24.3 Å². The molecule has 156 valence electrons. The number of piperidine rings is 1. The minimum atomic E-state index is -0.399. The second kappa shape index (κ2) is 9.43. The molecule has 2 N–H and O–H groups in total. The quantitative estimate of drug-likeness (QED) is 0.308. The Morgan fingerprint density at radius 3 is 2.50 bits per heavy atom. The molecule has 3 rings (SSSR count). The molecule has 2 aliphatic heterocycles. The van der Waals surface area contributed by atoms with Crippen molar-refractivity contribution < 1.29 is 9.31 Å². The van der Waals surface area contributed by atoms with Gasteiger partial charge in [-0.2, -0.15) is 0 Å². The van der Waals surface area contributed by atoms with Crippen molar-refractivity contribution in [3.05, 3.63) is 12.4 Å². The van der Waals surface area contributed by atoms with Crippen LogP contribution in [0, 0.1) is 0 Å². The van der Waals surface area contributed by atoms with E-state index in [0.717, 1.165) is 29.5 Å². The van der Waals surface area contributed by atoms with Crippen LogP contribution >= 0.6 is 11.8 Å². The van der Waals surface area contributed by atoms with Crippen LogP contribution in [-0.2, 0) is 9.31 Å². The first kappa shape index (κ1) is 22.0. The molecular formula is C20H35BN4O2S. The molecule has 3 heterocycles. The fraction of sp³-hybridized carbons (Fsp3) is 0.800. The van der Waals surface area contributed by atoms with Gasteiger partial charge in [-0.05, 0) is 59.9 Å². The maximum atomic E-state index is 6.06. The Bertz CT molecular complexity index is 611. The molecule has 28 heavy (non-hydrogen) atoms. The SMILES string of the molecule is CC1(C)OB(c2cnc(SCCCC3CCCCN3CCN)nc2)OC1(C)C. The van der Waals surface area contributed by atoms with Gasteiger partial charge in [-0.3, -0.25) is 4.90 Å². The largest absolute Gasteiger partial charge is 0.498 e. The van der Waals surface area contributed by atoms with Crippen LogP contribution in [0.15, 0.2) is 17.6 Å². The molecule has 1 aromatic rings. The van der Waals surface area contributed by atoms with Gasteiger partial charge in [0.25, 0.3) is 0 Å². The van der Waals surface area contributed by atoms with E-state index in [0.29, 0.717) is 6.04 Å². The fourth-order valence-electron chi connectivity index (χ4n) is 3.83. The summed E-state index contributed by atoms with van der Waals surface area (Å²) < 4.78 is 12.1. The van der Waals surface area contributed by atoms with Gasteiger partial charge in [0.1, 0.15) is 0 Å². The summed E-state index contributed by atoms with van der Waals surface area (Å²) in [6.07, 6.45) is 10.1. The third kappa shape index (κ3) is 5.27. The minimum Gasteiger partial charge on any atom is -0.399 e. The molecule has 2 fully saturated rings. The highest BCUT2D eigenvalue weighted by Gasteiger charge is 2.51. The highest BCUT2D eigenvalue weighted by molar-refractivity contribution is 7.99. The molecule has 2 saturated heterocycles. The summed E-state index contributed by atoms with van der Waals surface area (Å²) in [5, 5.41) is 0.822. The van der Waals surface area contributed by atoms with Crippen LogP contribution in [0.5, 0.6) is 0 Å². The monoisotopic (exact) mass is 406 g/mol. The average molecular weight is 406 g/mol. The third-order valence-electron chi connectivity index (χ3n) is 6.25. The first-order valence-electron chi connectivity index (χ1n) is 10.6. The fourth-order valence-corrected chi connectivity index (χ4v) is 4.58. The van der Waals surface area contributed by atoms with E-state index < -0.39 is 7.12 Å². The number of hydrogen-bond donors (Lipinski definition) is 1. The zero-order chi connectivity index (χ0) is 20.2. The third-order valence-corrected chi connectivity index (χ3v) is 7.21. The summed E-state index contributed by atoms with van der Waals surface area (Å²) in [7, 11) is -0.399. The molecule has 0 amide bonds. The maximum absolute atomic E-state index is 6.06. The van der Waals surface area contributed by atoms with Crippen molar-refractivity contribution in [3.8, 4) is 0 Å². The van der Waals surface area contributed by atoms with E-state index in [1.807, 2.05) is 12.4 Å². The van der Waals surface area contributed by atoms with E-state index in [1.54, 1.807) is 11.8 Å². The number of rotatable bonds is 8. The molecule has 0 spiro atoms. The van der Waals surface area contributed by atoms with Crippen LogP contribution in [0.25, 0.3) is 0 Å². The Labute approximate surface area is 174 Å². The number of aromatic nitrogens is 2. The lowest BCUT2D eigenvalue weighted by Crippen LogP contribution is -2.42. The zero-order valence-electron chi connectivity index (χ0n) is 17.8. The first-order chi connectivity index (χ1) is 13.3. The first-order valence-corrected chi connectivity index (χ1v) is 11.6. The lowest BCUT2D eigenvalue weighted by atomic mass is 9.81. The van der Waals surface area contributed by atoms with Gasteiger partial charge in [-0.15, -0.1) is 0 Å². The molecule has 1 atom stereocenters. The number of thioether (sulfide) groups is 1. The van der Waals surface area contributed by atoms with Gasteiger partial charge in [0.2, 0.25) is 0 Å². The Kier molecular flexibility index (Phi) is 7.42. The summed E-state index contributed by atoms with van der Waals surface area (Å²) in [6.45, 7) is 11.2. The Balaban J connectivity index is 1.44. The Morgan fingerprint density at radius 2 is 1.86 bits per heavy atom. The van der Waals surface area contributed by atoms with Crippen LogP contribution in [0.2, 0.25) is 0 Å². The summed E-state index contributed by atoms with van der Waals surface area (Å²) in [4.78, 5) is 11.6. The van der Waals surface area contributed by atoms with Crippen LogP contribution in [-0.4, -0.2) is 64.6 Å². The smallest absolute Gasteiger partial charge is 0.399 e. The van der Waals surface area contributed by atoms with Gasteiger partial charge in [0, 0.05) is 42.7 Å². The number of likely N-dealkylation sites (tertiary alicyclic amines) is 1. The molecule has 6 nitrogen and oxygen atoms in total. The van der Waals surface area contributed by atoms with Crippen molar-refractivity contribution in [1.29, 1.82) is 0 Å². The van der Waals surface area contributed by atoms with Gasteiger partial charge in [-0.1, -0.05) is 18.2 Å². The van der Waals surface area contributed by atoms with Crippen molar-refractivity contribution in [1.82, 2.24) is 14.9 Å². The molecule has 8 heteroatoms. The van der Waals surface area contributed by atoms with Crippen molar-refractivity contribution in [2.24, 2.45) is 5.73 Å². The highest BCUT2D eigenvalue weighted by atomic mass is 32.2. The molecule has 2 aliphatic rings. The summed E-state index contributed by atoms with van der Waals surface area (Å²) in [6, 6.07) is 0.699. The second-order valence-electron chi connectivity index (χ2n) is 8.85.